The molecule has 0 spiro atoms. The Morgan fingerprint density at radius 2 is 2.06 bits per heavy atom. The van der Waals surface area contributed by atoms with E-state index in [1.807, 2.05) is 24.3 Å². The largest absolute Gasteiger partial charge is 0.380 e. The number of rotatable bonds is 5. The van der Waals surface area contributed by atoms with Gasteiger partial charge in [0.1, 0.15) is 5.38 Å². The highest BCUT2D eigenvalue weighted by molar-refractivity contribution is 6.30. The predicted molar refractivity (Wildman–Crippen MR) is 64.3 cm³/mol. The molecule has 1 amide bonds. The van der Waals surface area contributed by atoms with E-state index in [0.29, 0.717) is 13.2 Å². The number of amides is 1. The summed E-state index contributed by atoms with van der Waals surface area (Å²) in [5.41, 5.74) is 2.13. The number of methoxy groups -OCH3 is 1. The van der Waals surface area contributed by atoms with E-state index in [2.05, 4.69) is 5.32 Å². The van der Waals surface area contributed by atoms with E-state index >= 15 is 0 Å². The normalized spacial score (nSPS) is 12.2. The first kappa shape index (κ1) is 13.0. The van der Waals surface area contributed by atoms with Gasteiger partial charge in [-0.15, -0.1) is 11.6 Å². The first-order chi connectivity index (χ1) is 7.65. The van der Waals surface area contributed by atoms with Crippen LogP contribution in [0.5, 0.6) is 0 Å². The molecule has 0 fully saturated rings. The van der Waals surface area contributed by atoms with Crippen molar-refractivity contribution in [2.75, 3.05) is 7.11 Å². The van der Waals surface area contributed by atoms with Crippen LogP contribution < -0.4 is 5.32 Å². The van der Waals surface area contributed by atoms with Crippen molar-refractivity contribution < 1.29 is 9.53 Å². The van der Waals surface area contributed by atoms with E-state index in [1.165, 1.54) is 0 Å². The van der Waals surface area contributed by atoms with E-state index in [-0.39, 0.29) is 5.91 Å². The van der Waals surface area contributed by atoms with Crippen molar-refractivity contribution in [1.29, 1.82) is 0 Å². The molecular formula is C12H16ClNO2. The Morgan fingerprint density at radius 3 is 2.62 bits per heavy atom. The maximum absolute atomic E-state index is 11.3. The zero-order valence-electron chi connectivity index (χ0n) is 9.50. The lowest BCUT2D eigenvalue weighted by molar-refractivity contribution is -0.120. The number of carbonyl (C=O) groups is 1. The second kappa shape index (κ2) is 6.51. The van der Waals surface area contributed by atoms with Crippen LogP contribution in [-0.4, -0.2) is 18.4 Å². The zero-order valence-corrected chi connectivity index (χ0v) is 10.3. The topological polar surface area (TPSA) is 38.3 Å². The van der Waals surface area contributed by atoms with Crippen molar-refractivity contribution in [1.82, 2.24) is 5.32 Å². The number of alkyl halides is 1. The molecule has 1 unspecified atom stereocenters. The Hall–Kier alpha value is -1.06. The molecule has 1 rings (SSSR count). The van der Waals surface area contributed by atoms with Gasteiger partial charge < -0.3 is 10.1 Å². The lowest BCUT2D eigenvalue weighted by Gasteiger charge is -2.10. The fourth-order valence-electron chi connectivity index (χ4n) is 1.35. The molecule has 0 radical (unpaired) electrons. The molecule has 4 heteroatoms. The third-order valence-corrected chi connectivity index (χ3v) is 2.43. The minimum Gasteiger partial charge on any atom is -0.380 e. The van der Waals surface area contributed by atoms with Crippen molar-refractivity contribution in [2.45, 2.75) is 25.5 Å². The number of hydrogen-bond acceptors (Lipinski definition) is 2. The van der Waals surface area contributed by atoms with Crippen LogP contribution in [0.25, 0.3) is 0 Å². The smallest absolute Gasteiger partial charge is 0.238 e. The minimum atomic E-state index is -0.505. The molecular weight excluding hydrogens is 226 g/mol. The van der Waals surface area contributed by atoms with Gasteiger partial charge in [0.15, 0.2) is 0 Å². The molecule has 0 saturated heterocycles. The van der Waals surface area contributed by atoms with Gasteiger partial charge in [-0.3, -0.25) is 4.79 Å². The number of benzene rings is 1. The van der Waals surface area contributed by atoms with Crippen molar-refractivity contribution in [3.05, 3.63) is 35.4 Å². The SMILES string of the molecule is COCc1ccccc1CNC(=O)C(C)Cl. The minimum absolute atomic E-state index is 0.158. The van der Waals surface area contributed by atoms with Gasteiger partial charge in [0.05, 0.1) is 6.61 Å². The summed E-state index contributed by atoms with van der Waals surface area (Å²) in [6.45, 7) is 2.68. The molecule has 0 heterocycles. The van der Waals surface area contributed by atoms with E-state index in [9.17, 15) is 4.79 Å². The van der Waals surface area contributed by atoms with Crippen LogP contribution in [-0.2, 0) is 22.7 Å². The van der Waals surface area contributed by atoms with Crippen molar-refractivity contribution in [3.8, 4) is 0 Å². The molecule has 0 aromatic heterocycles. The standard InChI is InChI=1S/C12H16ClNO2/c1-9(13)12(15)14-7-10-5-3-4-6-11(10)8-16-2/h3-6,9H,7-8H2,1-2H3,(H,14,15). The highest BCUT2D eigenvalue weighted by atomic mass is 35.5. The van der Waals surface area contributed by atoms with Crippen molar-refractivity contribution in [3.63, 3.8) is 0 Å². The molecule has 1 aromatic rings. The Balaban J connectivity index is 2.62. The lowest BCUT2D eigenvalue weighted by Crippen LogP contribution is -2.29. The maximum Gasteiger partial charge on any atom is 0.238 e. The van der Waals surface area contributed by atoms with Crippen molar-refractivity contribution in [2.24, 2.45) is 0 Å². The number of hydrogen-bond donors (Lipinski definition) is 1. The van der Waals surface area contributed by atoms with Gasteiger partial charge in [0, 0.05) is 13.7 Å². The molecule has 16 heavy (non-hydrogen) atoms. The molecule has 1 atom stereocenters. The van der Waals surface area contributed by atoms with Gasteiger partial charge >= 0.3 is 0 Å². The lowest BCUT2D eigenvalue weighted by atomic mass is 10.1. The summed E-state index contributed by atoms with van der Waals surface area (Å²) in [7, 11) is 1.65. The van der Waals surface area contributed by atoms with Gasteiger partial charge in [0.25, 0.3) is 0 Å². The highest BCUT2D eigenvalue weighted by Crippen LogP contribution is 2.09. The van der Waals surface area contributed by atoms with E-state index in [0.717, 1.165) is 11.1 Å². The van der Waals surface area contributed by atoms with Crippen LogP contribution in [0.15, 0.2) is 24.3 Å². The monoisotopic (exact) mass is 241 g/mol. The number of halogens is 1. The number of carbonyl (C=O) groups excluding carboxylic acids is 1. The maximum atomic E-state index is 11.3. The summed E-state index contributed by atoms with van der Waals surface area (Å²) in [6.07, 6.45) is 0. The number of ether oxygens (including phenoxy) is 1. The third kappa shape index (κ3) is 3.83. The quantitative estimate of drug-likeness (QED) is 0.802. The molecule has 1 N–H and O–H groups in total. The van der Waals surface area contributed by atoms with Gasteiger partial charge in [-0.2, -0.15) is 0 Å². The first-order valence-electron chi connectivity index (χ1n) is 5.12. The van der Waals surface area contributed by atoms with E-state index in [4.69, 9.17) is 16.3 Å². The molecule has 88 valence electrons. The Bertz CT molecular complexity index is 353. The summed E-state index contributed by atoms with van der Waals surface area (Å²) in [6, 6.07) is 7.83. The molecule has 0 aliphatic carbocycles. The average Bonchev–Trinajstić information content (AvgIpc) is 2.27. The van der Waals surface area contributed by atoms with E-state index < -0.39 is 5.38 Å². The summed E-state index contributed by atoms with van der Waals surface area (Å²) in [4.78, 5) is 11.3. The van der Waals surface area contributed by atoms with Crippen LogP contribution in [0, 0.1) is 0 Å². The fourth-order valence-corrected chi connectivity index (χ4v) is 1.43. The molecule has 0 aliphatic rings. The predicted octanol–water partition coefficient (Wildman–Crippen LogP) is 2.08. The Labute approximate surface area is 101 Å². The molecule has 0 aliphatic heterocycles. The molecule has 1 aromatic carbocycles. The Kier molecular flexibility index (Phi) is 5.29. The van der Waals surface area contributed by atoms with E-state index in [1.54, 1.807) is 14.0 Å². The molecule has 3 nitrogen and oxygen atoms in total. The van der Waals surface area contributed by atoms with Crippen LogP contribution >= 0.6 is 11.6 Å². The summed E-state index contributed by atoms with van der Waals surface area (Å²) in [5.74, 6) is -0.158. The van der Waals surface area contributed by atoms with Crippen LogP contribution in [0.3, 0.4) is 0 Å². The summed E-state index contributed by atoms with van der Waals surface area (Å²) in [5, 5.41) is 2.27. The second-order valence-electron chi connectivity index (χ2n) is 3.54. The molecule has 0 bridgehead atoms. The van der Waals surface area contributed by atoms with Crippen LogP contribution in [0.4, 0.5) is 0 Å². The average molecular weight is 242 g/mol. The van der Waals surface area contributed by atoms with Crippen LogP contribution in [0.1, 0.15) is 18.1 Å². The van der Waals surface area contributed by atoms with Gasteiger partial charge in [-0.1, -0.05) is 24.3 Å². The second-order valence-corrected chi connectivity index (χ2v) is 4.19. The zero-order chi connectivity index (χ0) is 12.0. The highest BCUT2D eigenvalue weighted by Gasteiger charge is 2.09. The Morgan fingerprint density at radius 1 is 1.44 bits per heavy atom. The summed E-state index contributed by atoms with van der Waals surface area (Å²) >= 11 is 5.66. The summed E-state index contributed by atoms with van der Waals surface area (Å²) < 4.78 is 5.08. The molecule has 0 saturated carbocycles. The number of nitrogens with one attached hydrogen (secondary N) is 1. The van der Waals surface area contributed by atoms with Crippen molar-refractivity contribution >= 4 is 17.5 Å². The fraction of sp³-hybridized carbons (Fsp3) is 0.417. The van der Waals surface area contributed by atoms with Gasteiger partial charge in [0.2, 0.25) is 5.91 Å². The first-order valence-corrected chi connectivity index (χ1v) is 5.56. The van der Waals surface area contributed by atoms with Gasteiger partial charge in [-0.05, 0) is 18.1 Å². The third-order valence-electron chi connectivity index (χ3n) is 2.23. The van der Waals surface area contributed by atoms with Crippen LogP contribution in [0.2, 0.25) is 0 Å². The van der Waals surface area contributed by atoms with Gasteiger partial charge in [-0.25, -0.2) is 0 Å².